The standard InChI is InChI=1S/C14H11FN2OS2/c1-19-13-12(17-4-3-16-14(17)20-13)8-6-10(15)9-2-5-18-11(9)7-8/h2,5-7H,3-4H2,1H3. The number of thioether (sulfide) groups is 2. The molecule has 2 aliphatic heterocycles. The fraction of sp³-hybridized carbons (Fsp3) is 0.214. The highest BCUT2D eigenvalue weighted by molar-refractivity contribution is 8.30. The van der Waals surface area contributed by atoms with Gasteiger partial charge in [-0.2, -0.15) is 0 Å². The van der Waals surface area contributed by atoms with Crippen LogP contribution in [-0.2, 0) is 0 Å². The molecule has 0 atom stereocenters. The smallest absolute Gasteiger partial charge is 0.169 e. The second-order valence-electron chi connectivity index (χ2n) is 4.55. The van der Waals surface area contributed by atoms with Crippen molar-refractivity contribution in [2.24, 2.45) is 4.99 Å². The second kappa shape index (κ2) is 4.56. The van der Waals surface area contributed by atoms with Crippen LogP contribution < -0.4 is 0 Å². The Morgan fingerprint density at radius 1 is 1.45 bits per heavy atom. The monoisotopic (exact) mass is 306 g/mol. The molecule has 3 nitrogen and oxygen atoms in total. The number of furan rings is 1. The number of amidine groups is 1. The number of hydrogen-bond donors (Lipinski definition) is 0. The third-order valence-electron chi connectivity index (χ3n) is 3.43. The van der Waals surface area contributed by atoms with Crippen LogP contribution in [0.2, 0.25) is 0 Å². The molecule has 2 aliphatic rings. The van der Waals surface area contributed by atoms with E-state index in [4.69, 9.17) is 4.42 Å². The van der Waals surface area contributed by atoms with Gasteiger partial charge in [-0.15, -0.1) is 11.8 Å². The fourth-order valence-electron chi connectivity index (χ4n) is 2.54. The molecule has 0 aliphatic carbocycles. The van der Waals surface area contributed by atoms with Gasteiger partial charge in [0.1, 0.15) is 11.4 Å². The summed E-state index contributed by atoms with van der Waals surface area (Å²) in [5, 5.41) is 1.55. The Bertz CT molecular complexity index is 766. The molecule has 6 heteroatoms. The first-order valence-electron chi connectivity index (χ1n) is 6.23. The van der Waals surface area contributed by atoms with Crippen LogP contribution in [0, 0.1) is 5.82 Å². The molecule has 0 bridgehead atoms. The number of benzene rings is 1. The predicted octanol–water partition coefficient (Wildman–Crippen LogP) is 3.98. The number of halogens is 1. The highest BCUT2D eigenvalue weighted by Gasteiger charge is 2.33. The maximum atomic E-state index is 14.2. The molecule has 4 rings (SSSR count). The highest BCUT2D eigenvalue weighted by Crippen LogP contribution is 2.46. The predicted molar refractivity (Wildman–Crippen MR) is 83.2 cm³/mol. The van der Waals surface area contributed by atoms with Gasteiger partial charge in [0.15, 0.2) is 5.17 Å². The lowest BCUT2D eigenvalue weighted by Gasteiger charge is -2.17. The van der Waals surface area contributed by atoms with E-state index in [0.29, 0.717) is 11.0 Å². The van der Waals surface area contributed by atoms with Crippen LogP contribution in [0.5, 0.6) is 0 Å². The maximum Gasteiger partial charge on any atom is 0.169 e. The minimum absolute atomic E-state index is 0.242. The largest absolute Gasteiger partial charge is 0.464 e. The van der Waals surface area contributed by atoms with Crippen LogP contribution in [0.4, 0.5) is 4.39 Å². The molecule has 0 radical (unpaired) electrons. The van der Waals surface area contributed by atoms with E-state index in [1.807, 2.05) is 12.3 Å². The molecular formula is C14H11FN2OS2. The van der Waals surface area contributed by atoms with Gasteiger partial charge in [-0.05, 0) is 36.2 Å². The van der Waals surface area contributed by atoms with Crippen molar-refractivity contribution in [2.45, 2.75) is 0 Å². The lowest BCUT2D eigenvalue weighted by Crippen LogP contribution is -2.20. The van der Waals surface area contributed by atoms with Crippen LogP contribution in [-0.4, -0.2) is 29.4 Å². The third-order valence-corrected chi connectivity index (χ3v) is 5.65. The fourth-order valence-corrected chi connectivity index (χ4v) is 4.46. The normalized spacial score (nSPS) is 18.1. The quantitative estimate of drug-likeness (QED) is 0.839. The number of hydrogen-bond acceptors (Lipinski definition) is 5. The number of nitrogens with zero attached hydrogens (tertiary/aromatic N) is 2. The zero-order valence-electron chi connectivity index (χ0n) is 10.7. The van der Waals surface area contributed by atoms with Gasteiger partial charge in [0, 0.05) is 12.1 Å². The van der Waals surface area contributed by atoms with E-state index in [0.717, 1.165) is 33.8 Å². The molecule has 0 spiro atoms. The van der Waals surface area contributed by atoms with Crippen molar-refractivity contribution in [3.63, 3.8) is 0 Å². The zero-order valence-corrected chi connectivity index (χ0v) is 12.4. The molecule has 0 amide bonds. The Morgan fingerprint density at radius 2 is 2.35 bits per heavy atom. The van der Waals surface area contributed by atoms with E-state index in [1.165, 1.54) is 6.26 Å². The molecule has 1 aromatic heterocycles. The molecule has 1 aromatic carbocycles. The van der Waals surface area contributed by atoms with Crippen LogP contribution in [0.25, 0.3) is 16.7 Å². The van der Waals surface area contributed by atoms with Gasteiger partial charge in [0.2, 0.25) is 0 Å². The van der Waals surface area contributed by atoms with Crippen molar-refractivity contribution in [3.05, 3.63) is 40.1 Å². The summed E-state index contributed by atoms with van der Waals surface area (Å²) in [7, 11) is 0. The lowest BCUT2D eigenvalue weighted by molar-refractivity contribution is 0.608. The van der Waals surface area contributed by atoms with Gasteiger partial charge in [-0.1, -0.05) is 0 Å². The van der Waals surface area contributed by atoms with Crippen molar-refractivity contribution in [1.29, 1.82) is 0 Å². The maximum absolute atomic E-state index is 14.2. The Labute approximate surface area is 123 Å². The molecule has 2 aromatic rings. The molecular weight excluding hydrogens is 295 g/mol. The Balaban J connectivity index is 1.90. The summed E-state index contributed by atoms with van der Waals surface area (Å²) in [5.41, 5.74) is 2.49. The summed E-state index contributed by atoms with van der Waals surface area (Å²) in [6, 6.07) is 5.15. The lowest BCUT2D eigenvalue weighted by atomic mass is 10.1. The second-order valence-corrected chi connectivity index (χ2v) is 6.60. The van der Waals surface area contributed by atoms with E-state index in [9.17, 15) is 4.39 Å². The zero-order chi connectivity index (χ0) is 13.7. The minimum Gasteiger partial charge on any atom is -0.464 e. The molecule has 0 saturated heterocycles. The summed E-state index contributed by atoms with van der Waals surface area (Å²) in [5.74, 6) is -0.242. The summed E-state index contributed by atoms with van der Waals surface area (Å²) in [4.78, 5) is 6.65. The molecule has 102 valence electrons. The summed E-state index contributed by atoms with van der Waals surface area (Å²) in [6.07, 6.45) is 3.56. The van der Waals surface area contributed by atoms with Crippen LogP contribution in [0.1, 0.15) is 5.56 Å². The number of fused-ring (bicyclic) bond motifs is 2. The minimum atomic E-state index is -0.242. The van der Waals surface area contributed by atoms with Gasteiger partial charge in [0.05, 0.1) is 28.1 Å². The molecule has 0 unspecified atom stereocenters. The summed E-state index contributed by atoms with van der Waals surface area (Å²) < 4.78 is 20.7. The van der Waals surface area contributed by atoms with Crippen molar-refractivity contribution < 1.29 is 8.81 Å². The molecule has 3 heterocycles. The van der Waals surface area contributed by atoms with Crippen molar-refractivity contribution in [2.75, 3.05) is 19.3 Å². The van der Waals surface area contributed by atoms with Gasteiger partial charge >= 0.3 is 0 Å². The van der Waals surface area contributed by atoms with Crippen molar-refractivity contribution >= 4 is 45.4 Å². The van der Waals surface area contributed by atoms with Crippen LogP contribution >= 0.6 is 23.5 Å². The average Bonchev–Trinajstić information content (AvgIpc) is 3.12. The summed E-state index contributed by atoms with van der Waals surface area (Å²) >= 11 is 3.34. The van der Waals surface area contributed by atoms with Crippen molar-refractivity contribution in [3.8, 4) is 0 Å². The first-order chi connectivity index (χ1) is 9.78. The van der Waals surface area contributed by atoms with Crippen molar-refractivity contribution in [1.82, 2.24) is 4.90 Å². The SMILES string of the molecule is CSC1=C(c2cc(F)c3ccoc3c2)N2CCN=C2S1. The summed E-state index contributed by atoms with van der Waals surface area (Å²) in [6.45, 7) is 1.67. The van der Waals surface area contributed by atoms with E-state index in [2.05, 4.69) is 9.89 Å². The Hall–Kier alpha value is -1.40. The Kier molecular flexibility index (Phi) is 2.82. The Morgan fingerprint density at radius 3 is 3.20 bits per heavy atom. The molecule has 0 N–H and O–H groups in total. The first-order valence-corrected chi connectivity index (χ1v) is 8.27. The van der Waals surface area contributed by atoms with Gasteiger partial charge < -0.3 is 9.32 Å². The van der Waals surface area contributed by atoms with Gasteiger partial charge in [0.25, 0.3) is 0 Å². The third kappa shape index (κ3) is 1.71. The molecule has 20 heavy (non-hydrogen) atoms. The highest BCUT2D eigenvalue weighted by atomic mass is 32.2. The first kappa shape index (κ1) is 12.3. The molecule has 0 fully saturated rings. The van der Waals surface area contributed by atoms with E-state index in [-0.39, 0.29) is 5.82 Å². The number of rotatable bonds is 2. The van der Waals surface area contributed by atoms with E-state index in [1.54, 1.807) is 35.7 Å². The van der Waals surface area contributed by atoms with Gasteiger partial charge in [-0.3, -0.25) is 4.99 Å². The van der Waals surface area contributed by atoms with E-state index >= 15 is 0 Å². The van der Waals surface area contributed by atoms with Gasteiger partial charge in [-0.25, -0.2) is 4.39 Å². The van der Waals surface area contributed by atoms with Crippen LogP contribution in [0.3, 0.4) is 0 Å². The van der Waals surface area contributed by atoms with E-state index < -0.39 is 0 Å². The topological polar surface area (TPSA) is 28.7 Å². The molecule has 0 saturated carbocycles. The number of aliphatic imine (C=N–C) groups is 1. The average molecular weight is 306 g/mol. The van der Waals surface area contributed by atoms with Crippen LogP contribution in [0.15, 0.2) is 38.1 Å².